The first-order valence-corrected chi connectivity index (χ1v) is 6.37. The first kappa shape index (κ1) is 14.0. The number of fused-ring (bicyclic) bond motifs is 1. The number of Topliss-reactive ketones (excluding diaryl/α,β-unsaturated/α-hetero) is 1. The van der Waals surface area contributed by atoms with Crippen molar-refractivity contribution in [3.05, 3.63) is 29.3 Å². The summed E-state index contributed by atoms with van der Waals surface area (Å²) in [5, 5.41) is 4.44. The fraction of sp³-hybridized carbons (Fsp3) is 0.357. The number of hydrogen-bond donors (Lipinski definition) is 2. The Morgan fingerprint density at radius 3 is 2.75 bits per heavy atom. The van der Waals surface area contributed by atoms with Crippen LogP contribution in [0.3, 0.4) is 0 Å². The molecule has 0 saturated heterocycles. The average Bonchev–Trinajstić information content (AvgIpc) is 2.81. The van der Waals surface area contributed by atoms with Crippen LogP contribution < -0.4 is 15.4 Å². The number of nitrogens with one attached hydrogen (secondary N) is 2. The molecule has 1 unspecified atom stereocenters. The van der Waals surface area contributed by atoms with Gasteiger partial charge in [-0.25, -0.2) is 4.79 Å². The summed E-state index contributed by atoms with van der Waals surface area (Å²) in [5.74, 6) is 0.0760. The maximum atomic E-state index is 11.7. The minimum Gasteiger partial charge on any atom is -0.481 e. The van der Waals surface area contributed by atoms with E-state index >= 15 is 0 Å². The number of rotatable bonds is 3. The molecule has 1 aromatic rings. The standard InChI is InChI=1S/C14H16N2O4/c1-8(13(18)16-14(19)15-2)20-12-5-3-4-9-10(12)6-7-11(9)17/h3-5,8H,6-7H2,1-2H3,(H2,15,16,18,19). The van der Waals surface area contributed by atoms with E-state index < -0.39 is 18.0 Å². The Hall–Kier alpha value is -2.37. The summed E-state index contributed by atoms with van der Waals surface area (Å²) >= 11 is 0. The van der Waals surface area contributed by atoms with Gasteiger partial charge in [-0.1, -0.05) is 12.1 Å². The monoisotopic (exact) mass is 276 g/mol. The highest BCUT2D eigenvalue weighted by Gasteiger charge is 2.25. The molecule has 6 heteroatoms. The van der Waals surface area contributed by atoms with Gasteiger partial charge in [0.25, 0.3) is 5.91 Å². The minimum atomic E-state index is -0.825. The van der Waals surface area contributed by atoms with Crippen molar-refractivity contribution in [2.24, 2.45) is 0 Å². The molecule has 0 saturated carbocycles. The Morgan fingerprint density at radius 1 is 1.30 bits per heavy atom. The van der Waals surface area contributed by atoms with E-state index in [1.165, 1.54) is 7.05 Å². The van der Waals surface area contributed by atoms with Crippen LogP contribution in [-0.4, -0.2) is 30.9 Å². The summed E-state index contributed by atoms with van der Waals surface area (Å²) < 4.78 is 5.57. The van der Waals surface area contributed by atoms with E-state index in [1.54, 1.807) is 25.1 Å². The number of urea groups is 1. The smallest absolute Gasteiger partial charge is 0.321 e. The molecule has 3 amide bonds. The van der Waals surface area contributed by atoms with Gasteiger partial charge >= 0.3 is 6.03 Å². The molecular weight excluding hydrogens is 260 g/mol. The highest BCUT2D eigenvalue weighted by Crippen LogP contribution is 2.30. The van der Waals surface area contributed by atoms with Gasteiger partial charge in [-0.2, -0.15) is 0 Å². The molecule has 0 bridgehead atoms. The first-order chi connectivity index (χ1) is 9.52. The van der Waals surface area contributed by atoms with E-state index in [4.69, 9.17) is 4.74 Å². The molecule has 2 rings (SSSR count). The predicted octanol–water partition coefficient (Wildman–Crippen LogP) is 1.04. The number of hydrogen-bond acceptors (Lipinski definition) is 4. The fourth-order valence-electron chi connectivity index (χ4n) is 2.09. The maximum Gasteiger partial charge on any atom is 0.321 e. The number of benzene rings is 1. The number of amides is 3. The predicted molar refractivity (Wildman–Crippen MR) is 71.8 cm³/mol. The van der Waals surface area contributed by atoms with Gasteiger partial charge < -0.3 is 10.1 Å². The second kappa shape index (κ2) is 5.73. The van der Waals surface area contributed by atoms with Crippen LogP contribution in [0.5, 0.6) is 5.75 Å². The molecule has 0 spiro atoms. The summed E-state index contributed by atoms with van der Waals surface area (Å²) in [6.07, 6.45) is 0.261. The molecule has 6 nitrogen and oxygen atoms in total. The van der Waals surface area contributed by atoms with Crippen molar-refractivity contribution < 1.29 is 19.1 Å². The molecule has 20 heavy (non-hydrogen) atoms. The highest BCUT2D eigenvalue weighted by atomic mass is 16.5. The zero-order valence-corrected chi connectivity index (χ0v) is 11.4. The Bertz CT molecular complexity index is 568. The molecule has 1 aliphatic rings. The third-order valence-electron chi connectivity index (χ3n) is 3.17. The zero-order valence-electron chi connectivity index (χ0n) is 11.4. The van der Waals surface area contributed by atoms with Crippen LogP contribution >= 0.6 is 0 Å². The largest absolute Gasteiger partial charge is 0.481 e. The minimum absolute atomic E-state index is 0.0907. The van der Waals surface area contributed by atoms with Gasteiger partial charge in [0.1, 0.15) is 5.75 Å². The molecule has 106 valence electrons. The van der Waals surface area contributed by atoms with E-state index in [1.807, 2.05) is 0 Å². The molecule has 2 N–H and O–H groups in total. The molecule has 0 fully saturated rings. The fourth-order valence-corrected chi connectivity index (χ4v) is 2.09. The zero-order chi connectivity index (χ0) is 14.7. The van der Waals surface area contributed by atoms with Gasteiger partial charge in [0.2, 0.25) is 0 Å². The average molecular weight is 276 g/mol. The van der Waals surface area contributed by atoms with Crippen molar-refractivity contribution in [1.29, 1.82) is 0 Å². The van der Waals surface area contributed by atoms with Crippen molar-refractivity contribution in [3.63, 3.8) is 0 Å². The number of carbonyl (C=O) groups is 3. The number of carbonyl (C=O) groups excluding carboxylic acids is 3. The van der Waals surface area contributed by atoms with Crippen LogP contribution in [0.1, 0.15) is 29.3 Å². The van der Waals surface area contributed by atoms with Crippen LogP contribution in [0, 0.1) is 0 Å². The van der Waals surface area contributed by atoms with Crippen LogP contribution in [0.4, 0.5) is 4.79 Å². The van der Waals surface area contributed by atoms with Gasteiger partial charge in [-0.3, -0.25) is 14.9 Å². The molecule has 1 atom stereocenters. The lowest BCUT2D eigenvalue weighted by molar-refractivity contribution is -0.126. The van der Waals surface area contributed by atoms with E-state index in [2.05, 4.69) is 10.6 Å². The third-order valence-corrected chi connectivity index (χ3v) is 3.17. The quantitative estimate of drug-likeness (QED) is 0.863. The number of imide groups is 1. The van der Waals surface area contributed by atoms with Gasteiger partial charge in [-0.05, 0) is 19.4 Å². The number of ketones is 1. The second-order valence-electron chi connectivity index (χ2n) is 4.53. The van der Waals surface area contributed by atoms with Crippen LogP contribution in [0.2, 0.25) is 0 Å². The van der Waals surface area contributed by atoms with Crippen molar-refractivity contribution in [3.8, 4) is 5.75 Å². The molecule has 1 aromatic carbocycles. The topological polar surface area (TPSA) is 84.5 Å². The summed E-state index contributed by atoms with van der Waals surface area (Å²) in [6.45, 7) is 1.55. The molecule has 0 heterocycles. The lowest BCUT2D eigenvalue weighted by Gasteiger charge is -2.16. The Kier molecular flexibility index (Phi) is 4.02. The Balaban J connectivity index is 2.09. The van der Waals surface area contributed by atoms with Crippen LogP contribution in [0.25, 0.3) is 0 Å². The van der Waals surface area contributed by atoms with E-state index in [0.29, 0.717) is 24.2 Å². The van der Waals surface area contributed by atoms with E-state index in [0.717, 1.165) is 5.56 Å². The van der Waals surface area contributed by atoms with Gasteiger partial charge in [0, 0.05) is 24.6 Å². The molecular formula is C14H16N2O4. The third kappa shape index (κ3) is 2.79. The first-order valence-electron chi connectivity index (χ1n) is 6.37. The van der Waals surface area contributed by atoms with E-state index in [-0.39, 0.29) is 5.78 Å². The van der Waals surface area contributed by atoms with Crippen molar-refractivity contribution >= 4 is 17.7 Å². The second-order valence-corrected chi connectivity index (χ2v) is 4.53. The maximum absolute atomic E-state index is 11.7. The lowest BCUT2D eigenvalue weighted by Crippen LogP contribution is -2.44. The molecule has 0 radical (unpaired) electrons. The molecule has 1 aliphatic carbocycles. The Morgan fingerprint density at radius 2 is 2.05 bits per heavy atom. The lowest BCUT2D eigenvalue weighted by atomic mass is 10.1. The van der Waals surface area contributed by atoms with E-state index in [9.17, 15) is 14.4 Å². The van der Waals surface area contributed by atoms with Crippen molar-refractivity contribution in [2.45, 2.75) is 25.9 Å². The normalized spacial score (nSPS) is 14.4. The van der Waals surface area contributed by atoms with Crippen molar-refractivity contribution in [2.75, 3.05) is 7.05 Å². The summed E-state index contributed by atoms with van der Waals surface area (Å²) in [7, 11) is 1.42. The van der Waals surface area contributed by atoms with Gasteiger partial charge in [0.05, 0.1) is 0 Å². The summed E-state index contributed by atoms with van der Waals surface area (Å²) in [6, 6.07) is 4.62. The van der Waals surface area contributed by atoms with Gasteiger partial charge in [0.15, 0.2) is 11.9 Å². The van der Waals surface area contributed by atoms with Gasteiger partial charge in [-0.15, -0.1) is 0 Å². The SMILES string of the molecule is CNC(=O)NC(=O)C(C)Oc1cccc2c1CCC2=O. The molecule has 0 aliphatic heterocycles. The Labute approximate surface area is 116 Å². The summed E-state index contributed by atoms with van der Waals surface area (Å²) in [5.41, 5.74) is 1.48. The van der Waals surface area contributed by atoms with Crippen LogP contribution in [0.15, 0.2) is 18.2 Å². The number of ether oxygens (including phenoxy) is 1. The summed E-state index contributed by atoms with van der Waals surface area (Å²) in [4.78, 5) is 34.4. The van der Waals surface area contributed by atoms with Crippen molar-refractivity contribution in [1.82, 2.24) is 10.6 Å². The van der Waals surface area contributed by atoms with Crippen LogP contribution in [-0.2, 0) is 11.2 Å². The molecule has 0 aromatic heterocycles. The highest BCUT2D eigenvalue weighted by molar-refractivity contribution is 6.01.